The highest BCUT2D eigenvalue weighted by molar-refractivity contribution is 5.69. The van der Waals surface area contributed by atoms with Crippen molar-refractivity contribution in [1.82, 2.24) is 9.38 Å². The Morgan fingerprint density at radius 3 is 2.41 bits per heavy atom. The Morgan fingerprint density at radius 1 is 0.897 bits per heavy atom. The number of rotatable bonds is 3. The zero-order chi connectivity index (χ0) is 19.4. The summed E-state index contributed by atoms with van der Waals surface area (Å²) in [6.45, 7) is 0.911. The summed E-state index contributed by atoms with van der Waals surface area (Å²) in [4.78, 5) is 20.7. The molecule has 1 fully saturated rings. The summed E-state index contributed by atoms with van der Waals surface area (Å²) < 4.78 is 1.70. The van der Waals surface area contributed by atoms with Gasteiger partial charge in [0.1, 0.15) is 11.5 Å². The Bertz CT molecular complexity index is 1250. The van der Waals surface area contributed by atoms with Gasteiger partial charge in [0.25, 0.3) is 5.56 Å². The largest absolute Gasteiger partial charge is 0.326 e. The van der Waals surface area contributed by atoms with E-state index >= 15 is 0 Å². The molecule has 142 valence electrons. The van der Waals surface area contributed by atoms with E-state index in [9.17, 15) is 4.79 Å². The monoisotopic (exact) mass is 379 g/mol. The molecule has 6 rings (SSSR count). The standard InChI is InChI=1S/C25H21N3O/c29-25-23-22-19(15-17-9-3-1-4-10-17)20(22)16-28(18-11-5-2-6-12-18)24(23)26-21-13-7-8-14-27(21)25/h1-14,19-20,22H,15-16H2/t19-,20-,22+/m0/s1. The second-order valence-electron chi connectivity index (χ2n) is 8.07. The lowest BCUT2D eigenvalue weighted by atomic mass is 10.0. The number of pyridine rings is 1. The zero-order valence-corrected chi connectivity index (χ0v) is 16.0. The van der Waals surface area contributed by atoms with Crippen LogP contribution in [0, 0.1) is 11.8 Å². The molecule has 29 heavy (non-hydrogen) atoms. The van der Waals surface area contributed by atoms with E-state index in [1.54, 1.807) is 4.40 Å². The molecule has 2 aliphatic rings. The highest BCUT2D eigenvalue weighted by atomic mass is 16.1. The quantitative estimate of drug-likeness (QED) is 0.529. The SMILES string of the molecule is O=c1c2c(nc3ccccn13)N(c1ccccc1)C[C@H]1[C@H](Cc3ccccc3)[C@@H]21. The van der Waals surface area contributed by atoms with Crippen LogP contribution in [-0.2, 0) is 6.42 Å². The average Bonchev–Trinajstić information content (AvgIpc) is 3.46. The first-order valence-electron chi connectivity index (χ1n) is 10.2. The summed E-state index contributed by atoms with van der Waals surface area (Å²) in [5.41, 5.74) is 4.11. The molecule has 0 radical (unpaired) electrons. The molecule has 1 aliphatic carbocycles. The molecule has 0 spiro atoms. The maximum atomic E-state index is 13.5. The van der Waals surface area contributed by atoms with E-state index in [1.807, 2.05) is 42.6 Å². The molecule has 0 amide bonds. The third kappa shape index (κ3) is 2.59. The van der Waals surface area contributed by atoms with Crippen LogP contribution in [-0.4, -0.2) is 15.9 Å². The van der Waals surface area contributed by atoms with Crippen LogP contribution in [0.5, 0.6) is 0 Å². The second-order valence-corrected chi connectivity index (χ2v) is 8.07. The number of aromatic nitrogens is 2. The Balaban J connectivity index is 1.50. The smallest absolute Gasteiger partial charge is 0.263 e. The summed E-state index contributed by atoms with van der Waals surface area (Å²) in [7, 11) is 0. The summed E-state index contributed by atoms with van der Waals surface area (Å²) in [6, 6.07) is 26.7. The van der Waals surface area contributed by atoms with Gasteiger partial charge in [-0.3, -0.25) is 9.20 Å². The molecule has 1 saturated carbocycles. The maximum absolute atomic E-state index is 13.5. The van der Waals surface area contributed by atoms with Crippen LogP contribution >= 0.6 is 0 Å². The fraction of sp³-hybridized carbons (Fsp3) is 0.200. The number of nitrogens with zero attached hydrogens (tertiary/aromatic N) is 3. The summed E-state index contributed by atoms with van der Waals surface area (Å²) in [6.07, 6.45) is 2.84. The molecule has 3 atom stereocenters. The number of hydrogen-bond donors (Lipinski definition) is 0. The Morgan fingerprint density at radius 2 is 1.62 bits per heavy atom. The van der Waals surface area contributed by atoms with Crippen molar-refractivity contribution < 1.29 is 0 Å². The lowest BCUT2D eigenvalue weighted by Gasteiger charge is -2.29. The van der Waals surface area contributed by atoms with Crippen LogP contribution in [0.4, 0.5) is 11.5 Å². The number of anilines is 2. The van der Waals surface area contributed by atoms with Gasteiger partial charge >= 0.3 is 0 Å². The van der Waals surface area contributed by atoms with Crippen LogP contribution in [0.1, 0.15) is 17.0 Å². The fourth-order valence-electron chi connectivity index (χ4n) is 5.01. The molecule has 2 aromatic heterocycles. The molecule has 1 aliphatic heterocycles. The van der Waals surface area contributed by atoms with Crippen molar-refractivity contribution in [2.75, 3.05) is 11.4 Å². The predicted octanol–water partition coefficient (Wildman–Crippen LogP) is 4.42. The topological polar surface area (TPSA) is 37.6 Å². The highest BCUT2D eigenvalue weighted by Gasteiger charge is 2.56. The normalized spacial score (nSPS) is 22.2. The molecule has 0 N–H and O–H groups in total. The van der Waals surface area contributed by atoms with Gasteiger partial charge in [0, 0.05) is 24.3 Å². The van der Waals surface area contributed by atoms with Crippen LogP contribution in [0.25, 0.3) is 5.65 Å². The van der Waals surface area contributed by atoms with E-state index in [0.717, 1.165) is 30.0 Å². The van der Waals surface area contributed by atoms with Crippen molar-refractivity contribution in [3.8, 4) is 0 Å². The molecule has 0 unspecified atom stereocenters. The van der Waals surface area contributed by atoms with Crippen LogP contribution in [0.15, 0.2) is 89.9 Å². The van der Waals surface area contributed by atoms with Crippen molar-refractivity contribution in [3.63, 3.8) is 0 Å². The molecule has 3 heterocycles. The van der Waals surface area contributed by atoms with Crippen LogP contribution < -0.4 is 10.5 Å². The molecule has 4 aromatic rings. The summed E-state index contributed by atoms with van der Waals surface area (Å²) >= 11 is 0. The van der Waals surface area contributed by atoms with Crippen molar-refractivity contribution in [2.45, 2.75) is 12.3 Å². The molecular weight excluding hydrogens is 358 g/mol. The molecule has 4 nitrogen and oxygen atoms in total. The van der Waals surface area contributed by atoms with Gasteiger partial charge in [0.15, 0.2) is 0 Å². The fourth-order valence-corrected chi connectivity index (χ4v) is 5.01. The Hall–Kier alpha value is -3.40. The molecule has 4 heteroatoms. The van der Waals surface area contributed by atoms with E-state index < -0.39 is 0 Å². The van der Waals surface area contributed by atoms with Crippen molar-refractivity contribution in [2.24, 2.45) is 11.8 Å². The number of hydrogen-bond acceptors (Lipinski definition) is 3. The van der Waals surface area contributed by atoms with Crippen LogP contribution in [0.2, 0.25) is 0 Å². The third-order valence-electron chi connectivity index (χ3n) is 6.45. The van der Waals surface area contributed by atoms with E-state index in [4.69, 9.17) is 4.98 Å². The van der Waals surface area contributed by atoms with Gasteiger partial charge in [0.05, 0.1) is 5.56 Å². The van der Waals surface area contributed by atoms with Crippen molar-refractivity contribution in [1.29, 1.82) is 0 Å². The van der Waals surface area contributed by atoms with Gasteiger partial charge in [-0.05, 0) is 48.1 Å². The lowest BCUT2D eigenvalue weighted by molar-refractivity contribution is 0.686. The number of benzene rings is 2. The Labute approximate surface area is 169 Å². The summed E-state index contributed by atoms with van der Waals surface area (Å²) in [5.74, 6) is 2.10. The average molecular weight is 379 g/mol. The van der Waals surface area contributed by atoms with Gasteiger partial charge in [-0.2, -0.15) is 0 Å². The van der Waals surface area contributed by atoms with E-state index in [0.29, 0.717) is 23.4 Å². The van der Waals surface area contributed by atoms with E-state index in [2.05, 4.69) is 47.4 Å². The summed E-state index contributed by atoms with van der Waals surface area (Å²) in [5, 5.41) is 0. The number of para-hydroxylation sites is 1. The predicted molar refractivity (Wildman–Crippen MR) is 115 cm³/mol. The third-order valence-corrected chi connectivity index (χ3v) is 6.45. The zero-order valence-electron chi connectivity index (χ0n) is 16.0. The van der Waals surface area contributed by atoms with E-state index in [1.165, 1.54) is 5.56 Å². The second kappa shape index (κ2) is 6.31. The van der Waals surface area contributed by atoms with Gasteiger partial charge < -0.3 is 4.90 Å². The molecule has 0 saturated heterocycles. The highest BCUT2D eigenvalue weighted by Crippen LogP contribution is 2.60. The molecule has 2 aromatic carbocycles. The molecule has 0 bridgehead atoms. The number of fused-ring (bicyclic) bond motifs is 4. The Kier molecular flexibility index (Phi) is 3.60. The van der Waals surface area contributed by atoms with Gasteiger partial charge in [-0.1, -0.05) is 54.6 Å². The lowest BCUT2D eigenvalue weighted by Crippen LogP contribution is -2.32. The van der Waals surface area contributed by atoms with Gasteiger partial charge in [-0.15, -0.1) is 0 Å². The van der Waals surface area contributed by atoms with Crippen molar-refractivity contribution >= 4 is 17.2 Å². The first-order chi connectivity index (χ1) is 14.3. The molecular formula is C25H21N3O. The van der Waals surface area contributed by atoms with Crippen molar-refractivity contribution in [3.05, 3.63) is 107 Å². The maximum Gasteiger partial charge on any atom is 0.263 e. The van der Waals surface area contributed by atoms with Crippen LogP contribution in [0.3, 0.4) is 0 Å². The van der Waals surface area contributed by atoms with E-state index in [-0.39, 0.29) is 5.56 Å². The first kappa shape index (κ1) is 16.5. The minimum atomic E-state index is 0.0804. The minimum Gasteiger partial charge on any atom is -0.326 e. The minimum absolute atomic E-state index is 0.0804. The van der Waals surface area contributed by atoms with Gasteiger partial charge in [-0.25, -0.2) is 4.98 Å². The first-order valence-corrected chi connectivity index (χ1v) is 10.2. The van der Waals surface area contributed by atoms with Gasteiger partial charge in [0.2, 0.25) is 0 Å².